The first-order valence-corrected chi connectivity index (χ1v) is 9.77. The second kappa shape index (κ2) is 8.56. The summed E-state index contributed by atoms with van der Waals surface area (Å²) in [5, 5.41) is 8.92. The Hall–Kier alpha value is -1.76. The number of nitrogens with two attached hydrogens (primary N) is 1. The molecule has 2 aromatic heterocycles. The number of thiophene rings is 1. The van der Waals surface area contributed by atoms with Crippen LogP contribution in [0.25, 0.3) is 0 Å². The Bertz CT molecular complexity index is 655. The van der Waals surface area contributed by atoms with Crippen molar-refractivity contribution in [2.24, 2.45) is 11.7 Å². The van der Waals surface area contributed by atoms with Gasteiger partial charge in [-0.2, -0.15) is 0 Å². The predicted molar refractivity (Wildman–Crippen MR) is 101 cm³/mol. The third-order valence-corrected chi connectivity index (χ3v) is 6.05. The van der Waals surface area contributed by atoms with Crippen LogP contribution in [0, 0.1) is 5.92 Å². The summed E-state index contributed by atoms with van der Waals surface area (Å²) in [4.78, 5) is 17.6. The summed E-state index contributed by atoms with van der Waals surface area (Å²) in [7, 11) is 0. The minimum atomic E-state index is -0.859. The van der Waals surface area contributed by atoms with Crippen molar-refractivity contribution in [3.05, 3.63) is 52.5 Å². The minimum absolute atomic E-state index is 0.322. The van der Waals surface area contributed by atoms with E-state index in [0.717, 1.165) is 36.5 Å². The molecule has 4 N–H and O–H groups in total. The van der Waals surface area contributed by atoms with Crippen LogP contribution in [0.4, 0.5) is 0 Å². The molecule has 5 nitrogen and oxygen atoms in total. The van der Waals surface area contributed by atoms with Crippen LogP contribution in [0.2, 0.25) is 0 Å². The first kappa shape index (κ1) is 18.0. The van der Waals surface area contributed by atoms with Gasteiger partial charge in [0.2, 0.25) is 5.91 Å². The van der Waals surface area contributed by atoms with Crippen LogP contribution in [0.15, 0.2) is 42.0 Å². The summed E-state index contributed by atoms with van der Waals surface area (Å²) in [5.74, 6) is 0.390. The van der Waals surface area contributed by atoms with Crippen molar-refractivity contribution in [3.63, 3.8) is 0 Å². The monoisotopic (exact) mass is 358 g/mol. The average molecular weight is 359 g/mol. The Kier molecular flexibility index (Phi) is 6.18. The van der Waals surface area contributed by atoms with Gasteiger partial charge in [0.05, 0.1) is 0 Å². The van der Waals surface area contributed by atoms with Gasteiger partial charge in [0.1, 0.15) is 5.54 Å². The lowest BCUT2D eigenvalue weighted by molar-refractivity contribution is -0.124. The number of carbonyl (C=O) groups is 1. The van der Waals surface area contributed by atoms with Crippen molar-refractivity contribution in [2.45, 2.75) is 31.2 Å². The molecule has 0 spiro atoms. The van der Waals surface area contributed by atoms with E-state index in [0.29, 0.717) is 12.3 Å². The van der Waals surface area contributed by atoms with Gasteiger partial charge in [-0.3, -0.25) is 15.1 Å². The van der Waals surface area contributed by atoms with Gasteiger partial charge < -0.3 is 11.1 Å². The van der Waals surface area contributed by atoms with Gasteiger partial charge in [0.25, 0.3) is 0 Å². The van der Waals surface area contributed by atoms with E-state index in [4.69, 9.17) is 5.73 Å². The van der Waals surface area contributed by atoms with E-state index in [1.54, 1.807) is 23.7 Å². The third kappa shape index (κ3) is 4.45. The fraction of sp³-hybridized carbons (Fsp3) is 0.474. The molecule has 0 radical (unpaired) electrons. The van der Waals surface area contributed by atoms with Crippen molar-refractivity contribution in [1.29, 1.82) is 0 Å². The molecule has 1 aliphatic heterocycles. The largest absolute Gasteiger partial charge is 0.368 e. The number of hydrogen-bond acceptors (Lipinski definition) is 5. The van der Waals surface area contributed by atoms with Crippen LogP contribution < -0.4 is 16.4 Å². The molecule has 134 valence electrons. The lowest BCUT2D eigenvalue weighted by Crippen LogP contribution is -2.54. The standard InChI is InChI=1S/C19H26N4OS/c20-18(24)19(17-2-1-13-25-17,14-16-5-10-22-11-6-16)23-12-7-15-3-8-21-9-4-15/h1-2,5-6,10-11,13,15,21,23H,3-4,7-9,12,14H2,(H2,20,24). The van der Waals surface area contributed by atoms with E-state index in [1.165, 1.54) is 12.8 Å². The fourth-order valence-electron chi connectivity index (χ4n) is 3.52. The summed E-state index contributed by atoms with van der Waals surface area (Å²) in [6.07, 6.45) is 7.52. The highest BCUT2D eigenvalue weighted by atomic mass is 32.1. The lowest BCUT2D eigenvalue weighted by Gasteiger charge is -2.32. The number of primary amides is 1. The van der Waals surface area contributed by atoms with Gasteiger partial charge in [-0.1, -0.05) is 6.07 Å². The normalized spacial score (nSPS) is 17.9. The molecule has 6 heteroatoms. The topological polar surface area (TPSA) is 80.0 Å². The highest BCUT2D eigenvalue weighted by Crippen LogP contribution is 2.30. The van der Waals surface area contributed by atoms with E-state index >= 15 is 0 Å². The number of hydrogen-bond donors (Lipinski definition) is 3. The summed E-state index contributed by atoms with van der Waals surface area (Å²) in [5.41, 5.74) is 6.10. The summed E-state index contributed by atoms with van der Waals surface area (Å²) in [6, 6.07) is 7.85. The molecule has 3 heterocycles. The zero-order chi connectivity index (χ0) is 17.5. The van der Waals surface area contributed by atoms with Crippen molar-refractivity contribution in [1.82, 2.24) is 15.6 Å². The quantitative estimate of drug-likeness (QED) is 0.675. The third-order valence-electron chi connectivity index (χ3n) is 5.02. The number of carbonyl (C=O) groups excluding carboxylic acids is 1. The van der Waals surface area contributed by atoms with E-state index in [-0.39, 0.29) is 5.91 Å². The molecule has 1 unspecified atom stereocenters. The second-order valence-corrected chi connectivity index (χ2v) is 7.64. The summed E-state index contributed by atoms with van der Waals surface area (Å²) >= 11 is 1.57. The Balaban J connectivity index is 1.76. The molecule has 0 aliphatic carbocycles. The summed E-state index contributed by atoms with van der Waals surface area (Å²) in [6.45, 7) is 2.97. The van der Waals surface area contributed by atoms with Gasteiger partial charge in [-0.05, 0) is 74.0 Å². The van der Waals surface area contributed by atoms with Crippen LogP contribution in [-0.2, 0) is 16.8 Å². The van der Waals surface area contributed by atoms with Crippen molar-refractivity contribution in [2.75, 3.05) is 19.6 Å². The molecule has 1 aliphatic rings. The highest BCUT2D eigenvalue weighted by molar-refractivity contribution is 7.10. The van der Waals surface area contributed by atoms with Gasteiger partial charge in [0.15, 0.2) is 0 Å². The molecule has 3 rings (SSSR count). The molecular formula is C19H26N4OS. The molecule has 25 heavy (non-hydrogen) atoms. The number of amides is 1. The zero-order valence-electron chi connectivity index (χ0n) is 14.4. The number of nitrogens with zero attached hydrogens (tertiary/aromatic N) is 1. The molecule has 0 saturated carbocycles. The SMILES string of the molecule is NC(=O)C(Cc1ccncc1)(NCCC1CCNCC1)c1cccs1. The number of piperidine rings is 1. The first-order valence-electron chi connectivity index (χ1n) is 8.89. The zero-order valence-corrected chi connectivity index (χ0v) is 15.2. The van der Waals surface area contributed by atoms with Crippen LogP contribution in [-0.4, -0.2) is 30.5 Å². The maximum absolute atomic E-state index is 12.5. The number of aromatic nitrogens is 1. The smallest absolute Gasteiger partial charge is 0.243 e. The van der Waals surface area contributed by atoms with Gasteiger partial charge in [0, 0.05) is 23.7 Å². The molecule has 1 amide bonds. The van der Waals surface area contributed by atoms with Crippen LogP contribution in [0.5, 0.6) is 0 Å². The van der Waals surface area contributed by atoms with Crippen LogP contribution in [0.3, 0.4) is 0 Å². The number of rotatable bonds is 8. The molecule has 1 atom stereocenters. The Labute approximate surface area is 153 Å². The Morgan fingerprint density at radius 2 is 2.08 bits per heavy atom. The maximum Gasteiger partial charge on any atom is 0.243 e. The predicted octanol–water partition coefficient (Wildman–Crippen LogP) is 2.05. The van der Waals surface area contributed by atoms with Crippen LogP contribution in [0.1, 0.15) is 29.7 Å². The number of pyridine rings is 1. The van der Waals surface area contributed by atoms with E-state index < -0.39 is 5.54 Å². The maximum atomic E-state index is 12.5. The van der Waals surface area contributed by atoms with Gasteiger partial charge in [-0.15, -0.1) is 11.3 Å². The molecule has 0 bridgehead atoms. The van der Waals surface area contributed by atoms with Crippen LogP contribution >= 0.6 is 11.3 Å². The van der Waals surface area contributed by atoms with Crippen molar-refractivity contribution in [3.8, 4) is 0 Å². The number of nitrogens with one attached hydrogen (secondary N) is 2. The van der Waals surface area contributed by atoms with Crippen molar-refractivity contribution < 1.29 is 4.79 Å². The van der Waals surface area contributed by atoms with Gasteiger partial charge in [-0.25, -0.2) is 0 Å². The molecule has 2 aromatic rings. The Morgan fingerprint density at radius 3 is 2.72 bits per heavy atom. The molecule has 1 fully saturated rings. The fourth-order valence-corrected chi connectivity index (χ4v) is 4.43. The lowest BCUT2D eigenvalue weighted by atomic mass is 9.87. The Morgan fingerprint density at radius 1 is 1.32 bits per heavy atom. The summed E-state index contributed by atoms with van der Waals surface area (Å²) < 4.78 is 0. The van der Waals surface area contributed by atoms with E-state index in [2.05, 4.69) is 15.6 Å². The molecule has 0 aromatic carbocycles. The van der Waals surface area contributed by atoms with Gasteiger partial charge >= 0.3 is 0 Å². The molecule has 1 saturated heterocycles. The van der Waals surface area contributed by atoms with Crippen molar-refractivity contribution >= 4 is 17.2 Å². The highest BCUT2D eigenvalue weighted by Gasteiger charge is 2.39. The second-order valence-electron chi connectivity index (χ2n) is 6.69. The minimum Gasteiger partial charge on any atom is -0.368 e. The average Bonchev–Trinajstić information content (AvgIpc) is 3.17. The van der Waals surface area contributed by atoms with E-state index in [9.17, 15) is 4.79 Å². The molecular weight excluding hydrogens is 332 g/mol. The van der Waals surface area contributed by atoms with E-state index in [1.807, 2.05) is 29.6 Å². The first-order chi connectivity index (χ1) is 12.2.